The first-order valence-electron chi connectivity index (χ1n) is 8.66. The van der Waals surface area contributed by atoms with Gasteiger partial charge in [0.05, 0.1) is 10.6 Å². The van der Waals surface area contributed by atoms with E-state index in [-0.39, 0.29) is 29.2 Å². The van der Waals surface area contributed by atoms with E-state index in [1.54, 1.807) is 37.3 Å². The van der Waals surface area contributed by atoms with Crippen LogP contribution in [0, 0.1) is 0 Å². The van der Waals surface area contributed by atoms with Gasteiger partial charge in [0.15, 0.2) is 9.84 Å². The molecule has 2 rings (SSSR count). The Morgan fingerprint density at radius 2 is 1.70 bits per heavy atom. The van der Waals surface area contributed by atoms with Crippen LogP contribution in [-0.2, 0) is 20.0 Å². The average molecular weight is 389 g/mol. The number of sulfone groups is 1. The second-order valence-electron chi connectivity index (χ2n) is 6.22. The Bertz CT molecular complexity index is 924. The van der Waals surface area contributed by atoms with Crippen LogP contribution < -0.4 is 5.32 Å². The summed E-state index contributed by atoms with van der Waals surface area (Å²) in [5, 5.41) is 12.5. The third-order valence-corrected chi connectivity index (χ3v) is 6.46. The summed E-state index contributed by atoms with van der Waals surface area (Å²) in [6, 6.07) is 14.5. The lowest BCUT2D eigenvalue weighted by Gasteiger charge is -2.29. The van der Waals surface area contributed by atoms with Crippen molar-refractivity contribution >= 4 is 21.7 Å². The smallest absolute Gasteiger partial charge is 0.315 e. The predicted molar refractivity (Wildman–Crippen MR) is 103 cm³/mol. The van der Waals surface area contributed by atoms with E-state index in [2.05, 4.69) is 5.32 Å². The highest BCUT2D eigenvalue weighted by molar-refractivity contribution is 7.91. The topological polar surface area (TPSA) is 101 Å². The maximum absolute atomic E-state index is 12.5. The van der Waals surface area contributed by atoms with Gasteiger partial charge in [-0.15, -0.1) is 0 Å². The van der Waals surface area contributed by atoms with Gasteiger partial charge in [-0.1, -0.05) is 50.2 Å². The van der Waals surface area contributed by atoms with Gasteiger partial charge >= 0.3 is 5.97 Å². The molecule has 144 valence electrons. The molecule has 27 heavy (non-hydrogen) atoms. The molecule has 0 radical (unpaired) electrons. The maximum Gasteiger partial charge on any atom is 0.315 e. The zero-order valence-electron chi connectivity index (χ0n) is 15.3. The quantitative estimate of drug-likeness (QED) is 0.723. The number of carboxylic acids is 1. The van der Waals surface area contributed by atoms with Crippen LogP contribution in [0.25, 0.3) is 0 Å². The number of carboxylic acid groups (broad SMARTS) is 1. The minimum absolute atomic E-state index is 0.0654. The molecule has 2 N–H and O–H groups in total. The van der Waals surface area contributed by atoms with E-state index in [9.17, 15) is 23.1 Å². The summed E-state index contributed by atoms with van der Waals surface area (Å²) < 4.78 is 24.0. The van der Waals surface area contributed by atoms with Crippen molar-refractivity contribution in [3.63, 3.8) is 0 Å². The van der Waals surface area contributed by atoms with Crippen LogP contribution in [0.4, 0.5) is 0 Å². The molecule has 0 bridgehead atoms. The summed E-state index contributed by atoms with van der Waals surface area (Å²) in [6.07, 6.45) is 0.289. The molecule has 0 saturated heterocycles. The third-order valence-electron chi connectivity index (χ3n) is 4.73. The lowest BCUT2D eigenvalue weighted by atomic mass is 9.78. The molecule has 2 aromatic rings. The van der Waals surface area contributed by atoms with Crippen LogP contribution in [0.1, 0.15) is 36.2 Å². The van der Waals surface area contributed by atoms with Gasteiger partial charge in [-0.05, 0) is 30.2 Å². The fourth-order valence-electron chi connectivity index (χ4n) is 2.87. The molecule has 6 nitrogen and oxygen atoms in total. The first-order chi connectivity index (χ1) is 12.8. The Labute approximate surface area is 159 Å². The van der Waals surface area contributed by atoms with Crippen molar-refractivity contribution in [1.29, 1.82) is 0 Å². The van der Waals surface area contributed by atoms with Gasteiger partial charge in [-0.25, -0.2) is 8.42 Å². The van der Waals surface area contributed by atoms with E-state index in [0.717, 1.165) is 0 Å². The standard InChI is InChI=1S/C20H23NO5S/c1-3-20(19(23)24,16-10-6-5-7-11-16)14-21-18(22)15-9-8-12-17(13-15)27(25,26)4-2/h5-13H,3-4,14H2,1-2H3,(H,21,22)(H,23,24). The second kappa shape index (κ2) is 8.35. The van der Waals surface area contributed by atoms with Crippen LogP contribution in [0.15, 0.2) is 59.5 Å². The number of carbonyl (C=O) groups excluding carboxylic acids is 1. The Kier molecular flexibility index (Phi) is 6.38. The molecule has 1 amide bonds. The van der Waals surface area contributed by atoms with Crippen LogP contribution in [-0.4, -0.2) is 37.7 Å². The summed E-state index contributed by atoms with van der Waals surface area (Å²) in [6.45, 7) is 3.18. The molecule has 0 aromatic heterocycles. The van der Waals surface area contributed by atoms with Crippen molar-refractivity contribution in [3.8, 4) is 0 Å². The summed E-state index contributed by atoms with van der Waals surface area (Å²) >= 11 is 0. The van der Waals surface area contributed by atoms with Crippen molar-refractivity contribution in [3.05, 3.63) is 65.7 Å². The zero-order valence-corrected chi connectivity index (χ0v) is 16.1. The number of carbonyl (C=O) groups is 2. The zero-order chi connectivity index (χ0) is 20.1. The number of hydrogen-bond acceptors (Lipinski definition) is 4. The van der Waals surface area contributed by atoms with Crippen molar-refractivity contribution in [2.24, 2.45) is 0 Å². The lowest BCUT2D eigenvalue weighted by molar-refractivity contribution is -0.143. The summed E-state index contributed by atoms with van der Waals surface area (Å²) in [7, 11) is -3.43. The number of rotatable bonds is 8. The molecule has 0 aliphatic carbocycles. The molecule has 2 aromatic carbocycles. The number of benzene rings is 2. The molecule has 7 heteroatoms. The third kappa shape index (κ3) is 4.36. The number of aliphatic carboxylic acids is 1. The molecule has 0 heterocycles. The molecular formula is C20H23NO5S. The Morgan fingerprint density at radius 1 is 1.04 bits per heavy atom. The van der Waals surface area contributed by atoms with Gasteiger partial charge in [0, 0.05) is 12.1 Å². The van der Waals surface area contributed by atoms with Crippen molar-refractivity contribution in [2.45, 2.75) is 30.6 Å². The van der Waals surface area contributed by atoms with E-state index in [0.29, 0.717) is 5.56 Å². The van der Waals surface area contributed by atoms with Crippen molar-refractivity contribution < 1.29 is 23.1 Å². The molecule has 0 aliphatic heterocycles. The SMILES string of the molecule is CCC(CNC(=O)c1cccc(S(=O)(=O)CC)c1)(C(=O)O)c1ccccc1. The highest BCUT2D eigenvalue weighted by atomic mass is 32.2. The Hall–Kier alpha value is -2.67. The molecule has 0 aliphatic rings. The first kappa shape index (κ1) is 20.6. The van der Waals surface area contributed by atoms with Crippen LogP contribution >= 0.6 is 0 Å². The van der Waals surface area contributed by atoms with Gasteiger partial charge < -0.3 is 10.4 Å². The molecule has 0 fully saturated rings. The normalized spacial score (nSPS) is 13.6. The molecule has 0 saturated carbocycles. The minimum atomic E-state index is -3.43. The summed E-state index contributed by atoms with van der Waals surface area (Å²) in [5.74, 6) is -1.61. The summed E-state index contributed by atoms with van der Waals surface area (Å²) in [4.78, 5) is 24.6. The first-order valence-corrected chi connectivity index (χ1v) is 10.3. The van der Waals surface area contributed by atoms with Gasteiger partial charge in [0.1, 0.15) is 5.41 Å². The Morgan fingerprint density at radius 3 is 2.26 bits per heavy atom. The molecular weight excluding hydrogens is 366 g/mol. The molecule has 1 unspecified atom stereocenters. The molecule has 0 spiro atoms. The highest BCUT2D eigenvalue weighted by Crippen LogP contribution is 2.28. The van der Waals surface area contributed by atoms with E-state index >= 15 is 0 Å². The fourth-order valence-corrected chi connectivity index (χ4v) is 3.80. The maximum atomic E-state index is 12.5. The molecule has 1 atom stereocenters. The van der Waals surface area contributed by atoms with Crippen LogP contribution in [0.2, 0.25) is 0 Å². The number of hydrogen-bond donors (Lipinski definition) is 2. The average Bonchev–Trinajstić information content (AvgIpc) is 2.69. The van der Waals surface area contributed by atoms with Gasteiger partial charge in [-0.3, -0.25) is 9.59 Å². The van der Waals surface area contributed by atoms with Gasteiger partial charge in [0.2, 0.25) is 0 Å². The Balaban J connectivity index is 2.27. The minimum Gasteiger partial charge on any atom is -0.481 e. The van der Waals surface area contributed by atoms with E-state index in [1.165, 1.54) is 31.2 Å². The largest absolute Gasteiger partial charge is 0.481 e. The van der Waals surface area contributed by atoms with Crippen LogP contribution in [0.3, 0.4) is 0 Å². The van der Waals surface area contributed by atoms with E-state index < -0.39 is 27.1 Å². The van der Waals surface area contributed by atoms with Crippen molar-refractivity contribution in [1.82, 2.24) is 5.32 Å². The van der Waals surface area contributed by atoms with Crippen LogP contribution in [0.5, 0.6) is 0 Å². The fraction of sp³-hybridized carbons (Fsp3) is 0.300. The monoisotopic (exact) mass is 389 g/mol. The lowest BCUT2D eigenvalue weighted by Crippen LogP contribution is -2.46. The number of amides is 1. The van der Waals surface area contributed by atoms with E-state index in [4.69, 9.17) is 0 Å². The summed E-state index contributed by atoms with van der Waals surface area (Å²) in [5.41, 5.74) is -0.486. The highest BCUT2D eigenvalue weighted by Gasteiger charge is 2.39. The van der Waals surface area contributed by atoms with Crippen molar-refractivity contribution in [2.75, 3.05) is 12.3 Å². The number of nitrogens with one attached hydrogen (secondary N) is 1. The van der Waals surface area contributed by atoms with E-state index in [1.807, 2.05) is 0 Å². The van der Waals surface area contributed by atoms with Gasteiger partial charge in [0.25, 0.3) is 5.91 Å². The van der Waals surface area contributed by atoms with Gasteiger partial charge in [-0.2, -0.15) is 0 Å². The predicted octanol–water partition coefficient (Wildman–Crippen LogP) is 2.64. The second-order valence-corrected chi connectivity index (χ2v) is 8.50.